The molecule has 1 aliphatic rings. The van der Waals surface area contributed by atoms with Crippen LogP contribution in [0.15, 0.2) is 41.3 Å². The number of hydrogen-bond donors (Lipinski definition) is 1. The summed E-state index contributed by atoms with van der Waals surface area (Å²) in [7, 11) is 2.03. The van der Waals surface area contributed by atoms with Crippen LogP contribution in [0.1, 0.15) is 38.5 Å². The standard InChI is InChI=1S/C19H23N5O/c1-23(14-9-5-2-3-6-10-14)19-21-17-16(18(25)22-19)13-20-24(17)15-11-7-4-8-12-15/h4,7-8,11-14H,2-3,5-6,9-10H2,1H3,(H,21,22,25). The molecule has 6 heteroatoms. The van der Waals surface area contributed by atoms with Crippen LogP contribution >= 0.6 is 0 Å². The number of hydrogen-bond acceptors (Lipinski definition) is 4. The molecule has 2 heterocycles. The van der Waals surface area contributed by atoms with Crippen LogP contribution in [0.3, 0.4) is 0 Å². The van der Waals surface area contributed by atoms with Crippen molar-refractivity contribution < 1.29 is 0 Å². The van der Waals surface area contributed by atoms with Gasteiger partial charge in [0.2, 0.25) is 5.95 Å². The quantitative estimate of drug-likeness (QED) is 0.745. The number of rotatable bonds is 3. The molecule has 0 saturated heterocycles. The lowest BCUT2D eigenvalue weighted by Gasteiger charge is -2.27. The minimum atomic E-state index is -0.136. The van der Waals surface area contributed by atoms with E-state index in [4.69, 9.17) is 4.98 Å². The molecule has 0 bridgehead atoms. The molecule has 1 N–H and O–H groups in total. The van der Waals surface area contributed by atoms with Crippen molar-refractivity contribution in [3.05, 3.63) is 46.9 Å². The van der Waals surface area contributed by atoms with E-state index in [1.807, 2.05) is 37.4 Å². The Kier molecular flexibility index (Phi) is 4.26. The van der Waals surface area contributed by atoms with E-state index in [-0.39, 0.29) is 5.56 Å². The molecule has 4 rings (SSSR count). The van der Waals surface area contributed by atoms with E-state index in [9.17, 15) is 4.79 Å². The fourth-order valence-corrected chi connectivity index (χ4v) is 3.65. The van der Waals surface area contributed by atoms with Crippen LogP contribution in [0, 0.1) is 0 Å². The van der Waals surface area contributed by atoms with E-state index in [1.165, 1.54) is 25.7 Å². The number of H-pyrrole nitrogens is 1. The summed E-state index contributed by atoms with van der Waals surface area (Å²) in [6, 6.07) is 10.2. The summed E-state index contributed by atoms with van der Waals surface area (Å²) >= 11 is 0. The molecule has 130 valence electrons. The second kappa shape index (κ2) is 6.70. The zero-order valence-electron chi connectivity index (χ0n) is 14.5. The van der Waals surface area contributed by atoms with Gasteiger partial charge in [-0.05, 0) is 25.0 Å². The molecule has 0 unspecified atom stereocenters. The van der Waals surface area contributed by atoms with Crippen molar-refractivity contribution in [2.24, 2.45) is 0 Å². The largest absolute Gasteiger partial charge is 0.342 e. The molecule has 2 aromatic heterocycles. The minimum absolute atomic E-state index is 0.136. The van der Waals surface area contributed by atoms with Gasteiger partial charge in [-0.3, -0.25) is 9.78 Å². The van der Waals surface area contributed by atoms with E-state index in [1.54, 1.807) is 10.9 Å². The van der Waals surface area contributed by atoms with Gasteiger partial charge in [0, 0.05) is 13.1 Å². The number of aromatic nitrogens is 4. The fraction of sp³-hybridized carbons (Fsp3) is 0.421. The highest BCUT2D eigenvalue weighted by molar-refractivity contribution is 5.76. The van der Waals surface area contributed by atoms with Crippen LogP contribution < -0.4 is 10.5 Å². The van der Waals surface area contributed by atoms with Crippen molar-refractivity contribution in [3.63, 3.8) is 0 Å². The van der Waals surface area contributed by atoms with Crippen LogP contribution in [0.2, 0.25) is 0 Å². The van der Waals surface area contributed by atoms with Crippen molar-refractivity contribution in [2.75, 3.05) is 11.9 Å². The molecule has 3 aromatic rings. The summed E-state index contributed by atoms with van der Waals surface area (Å²) in [5.74, 6) is 0.627. The number of para-hydroxylation sites is 1. The Balaban J connectivity index is 1.76. The van der Waals surface area contributed by atoms with E-state index in [0.29, 0.717) is 23.0 Å². The second-order valence-electron chi connectivity index (χ2n) is 6.78. The average molecular weight is 337 g/mol. The number of aromatic amines is 1. The highest BCUT2D eigenvalue weighted by Gasteiger charge is 2.20. The van der Waals surface area contributed by atoms with Crippen LogP contribution in [0.5, 0.6) is 0 Å². The van der Waals surface area contributed by atoms with Gasteiger partial charge in [0.05, 0.1) is 11.9 Å². The van der Waals surface area contributed by atoms with Crippen LogP contribution in [0.25, 0.3) is 16.7 Å². The summed E-state index contributed by atoms with van der Waals surface area (Å²) in [5, 5.41) is 4.89. The third-order valence-electron chi connectivity index (χ3n) is 5.13. The van der Waals surface area contributed by atoms with Crippen LogP contribution in [0.4, 0.5) is 5.95 Å². The Hall–Kier alpha value is -2.63. The highest BCUT2D eigenvalue weighted by atomic mass is 16.1. The molecule has 0 atom stereocenters. The fourth-order valence-electron chi connectivity index (χ4n) is 3.65. The Morgan fingerprint density at radius 2 is 1.84 bits per heavy atom. The van der Waals surface area contributed by atoms with Gasteiger partial charge in [-0.25, -0.2) is 4.68 Å². The number of nitrogens with one attached hydrogen (secondary N) is 1. The third-order valence-corrected chi connectivity index (χ3v) is 5.13. The molecule has 1 aliphatic carbocycles. The predicted octanol–water partition coefficient (Wildman–Crippen LogP) is 3.27. The molecule has 6 nitrogen and oxygen atoms in total. The normalized spacial score (nSPS) is 16.0. The van der Waals surface area contributed by atoms with Crippen molar-refractivity contribution >= 4 is 17.0 Å². The highest BCUT2D eigenvalue weighted by Crippen LogP contribution is 2.24. The number of benzene rings is 1. The minimum Gasteiger partial charge on any atom is -0.342 e. The molecule has 0 spiro atoms. The Labute approximate surface area is 146 Å². The molecular weight excluding hydrogens is 314 g/mol. The third kappa shape index (κ3) is 3.04. The molecule has 25 heavy (non-hydrogen) atoms. The van der Waals surface area contributed by atoms with Gasteiger partial charge in [-0.1, -0.05) is 43.9 Å². The molecular formula is C19H23N5O. The lowest BCUT2D eigenvalue weighted by molar-refractivity contribution is 0.544. The van der Waals surface area contributed by atoms with E-state index in [2.05, 4.69) is 15.0 Å². The zero-order chi connectivity index (χ0) is 17.2. The summed E-state index contributed by atoms with van der Waals surface area (Å²) in [4.78, 5) is 22.3. The van der Waals surface area contributed by atoms with Crippen molar-refractivity contribution in [3.8, 4) is 5.69 Å². The number of anilines is 1. The number of fused-ring (bicyclic) bond motifs is 1. The molecule has 0 radical (unpaired) electrons. The van der Waals surface area contributed by atoms with Gasteiger partial charge >= 0.3 is 0 Å². The SMILES string of the molecule is CN(c1nc2c(cnn2-c2ccccc2)c(=O)[nH]1)C1CCCCCC1. The first-order valence-corrected chi connectivity index (χ1v) is 9.00. The lowest BCUT2D eigenvalue weighted by atomic mass is 10.1. The lowest BCUT2D eigenvalue weighted by Crippen LogP contribution is -2.33. The summed E-state index contributed by atoms with van der Waals surface area (Å²) in [6.45, 7) is 0. The smallest absolute Gasteiger partial charge is 0.263 e. The van der Waals surface area contributed by atoms with Crippen LogP contribution in [-0.2, 0) is 0 Å². The monoisotopic (exact) mass is 337 g/mol. The molecule has 1 fully saturated rings. The Morgan fingerprint density at radius 1 is 1.12 bits per heavy atom. The van der Waals surface area contributed by atoms with Gasteiger partial charge < -0.3 is 4.90 Å². The molecule has 0 amide bonds. The van der Waals surface area contributed by atoms with Gasteiger partial charge in [0.25, 0.3) is 5.56 Å². The van der Waals surface area contributed by atoms with E-state index < -0.39 is 0 Å². The van der Waals surface area contributed by atoms with E-state index in [0.717, 1.165) is 18.5 Å². The molecule has 0 aliphatic heterocycles. The maximum absolute atomic E-state index is 12.5. The van der Waals surface area contributed by atoms with Crippen molar-refractivity contribution in [1.82, 2.24) is 19.7 Å². The van der Waals surface area contributed by atoms with Gasteiger partial charge in [-0.2, -0.15) is 10.1 Å². The maximum Gasteiger partial charge on any atom is 0.263 e. The first kappa shape index (κ1) is 15.9. The zero-order valence-corrected chi connectivity index (χ0v) is 14.5. The van der Waals surface area contributed by atoms with E-state index >= 15 is 0 Å². The molecule has 1 aromatic carbocycles. The molecule has 1 saturated carbocycles. The van der Waals surface area contributed by atoms with Crippen LogP contribution in [-0.4, -0.2) is 32.8 Å². The van der Waals surface area contributed by atoms with Crippen molar-refractivity contribution in [2.45, 2.75) is 44.6 Å². The summed E-state index contributed by atoms with van der Waals surface area (Å²) < 4.78 is 1.73. The topological polar surface area (TPSA) is 66.8 Å². The Bertz CT molecular complexity index is 906. The predicted molar refractivity (Wildman–Crippen MR) is 99.4 cm³/mol. The Morgan fingerprint density at radius 3 is 2.56 bits per heavy atom. The van der Waals surface area contributed by atoms with Gasteiger partial charge in [0.1, 0.15) is 5.39 Å². The maximum atomic E-state index is 12.5. The second-order valence-corrected chi connectivity index (χ2v) is 6.78. The summed E-state index contributed by atoms with van der Waals surface area (Å²) in [5.41, 5.74) is 1.37. The van der Waals surface area contributed by atoms with Gasteiger partial charge in [-0.15, -0.1) is 0 Å². The van der Waals surface area contributed by atoms with Crippen molar-refractivity contribution in [1.29, 1.82) is 0 Å². The summed E-state index contributed by atoms with van der Waals surface area (Å²) in [6.07, 6.45) is 8.96. The first-order chi connectivity index (χ1) is 12.2. The average Bonchev–Trinajstić information content (AvgIpc) is 2.89. The first-order valence-electron chi connectivity index (χ1n) is 9.00. The number of nitrogens with zero attached hydrogens (tertiary/aromatic N) is 4. The van der Waals surface area contributed by atoms with Gasteiger partial charge in [0.15, 0.2) is 5.65 Å².